The third kappa shape index (κ3) is 2.59. The molecule has 0 unspecified atom stereocenters. The zero-order valence-corrected chi connectivity index (χ0v) is 12.5. The minimum Gasteiger partial charge on any atom is -0.321 e. The van der Waals surface area contributed by atoms with E-state index in [0.29, 0.717) is 11.7 Å². The molecule has 2 N–H and O–H groups in total. The molecule has 1 aliphatic rings. The number of nitrogens with zero attached hydrogens (tertiary/aromatic N) is 3. The highest BCUT2D eigenvalue weighted by Gasteiger charge is 2.21. The summed E-state index contributed by atoms with van der Waals surface area (Å²) >= 11 is 3.44. The Hall–Kier alpha value is -1.73. The highest BCUT2D eigenvalue weighted by molar-refractivity contribution is 9.10. The lowest BCUT2D eigenvalue weighted by atomic mass is 10.2. The maximum absolute atomic E-state index is 12.1. The molecule has 0 saturated carbocycles. The van der Waals surface area contributed by atoms with Gasteiger partial charge < -0.3 is 10.6 Å². The van der Waals surface area contributed by atoms with Crippen molar-refractivity contribution in [2.24, 2.45) is 0 Å². The molecule has 1 saturated heterocycles. The second kappa shape index (κ2) is 5.34. The first-order valence-electron chi connectivity index (χ1n) is 6.33. The third-order valence-electron chi connectivity index (χ3n) is 3.31. The van der Waals surface area contributed by atoms with Gasteiger partial charge in [0.05, 0.1) is 12.2 Å². The van der Waals surface area contributed by atoms with E-state index in [4.69, 9.17) is 0 Å². The molecule has 104 valence electrons. The summed E-state index contributed by atoms with van der Waals surface area (Å²) in [5.74, 6) is -0.251. The lowest BCUT2D eigenvalue weighted by molar-refractivity contribution is 0.102. The molecule has 2 aromatic rings. The predicted molar refractivity (Wildman–Crippen MR) is 78.8 cm³/mol. The van der Waals surface area contributed by atoms with Gasteiger partial charge in [0.2, 0.25) is 0 Å². The monoisotopic (exact) mass is 335 g/mol. The van der Waals surface area contributed by atoms with Crippen LogP contribution in [-0.2, 0) is 0 Å². The van der Waals surface area contributed by atoms with Crippen LogP contribution in [0.5, 0.6) is 0 Å². The van der Waals surface area contributed by atoms with Crippen LogP contribution < -0.4 is 10.6 Å². The molecular weight excluding hydrogens is 322 g/mol. The zero-order valence-electron chi connectivity index (χ0n) is 10.9. The largest absolute Gasteiger partial charge is 0.321 e. The van der Waals surface area contributed by atoms with Gasteiger partial charge in [0, 0.05) is 23.2 Å². The first-order valence-corrected chi connectivity index (χ1v) is 7.13. The molecule has 1 amide bonds. The number of amides is 1. The minimum absolute atomic E-state index is 0.251. The molecule has 0 atom stereocenters. The molecule has 1 aromatic carbocycles. The molecule has 0 spiro atoms. The number of nitrogens with one attached hydrogen (secondary N) is 2. The predicted octanol–water partition coefficient (Wildman–Crippen LogP) is 1.75. The molecule has 1 aliphatic heterocycles. The molecule has 1 fully saturated rings. The number of hydrogen-bond donors (Lipinski definition) is 2. The van der Waals surface area contributed by atoms with Crippen molar-refractivity contribution in [3.05, 3.63) is 40.1 Å². The fraction of sp³-hybridized carbons (Fsp3) is 0.308. The molecule has 1 aromatic heterocycles. The molecule has 0 bridgehead atoms. The van der Waals surface area contributed by atoms with E-state index < -0.39 is 0 Å². The normalized spacial score (nSPS) is 14.9. The summed E-state index contributed by atoms with van der Waals surface area (Å²) in [6, 6.07) is 5.97. The Labute approximate surface area is 124 Å². The van der Waals surface area contributed by atoms with Crippen molar-refractivity contribution in [3.63, 3.8) is 0 Å². The van der Waals surface area contributed by atoms with Crippen LogP contribution >= 0.6 is 15.9 Å². The first kappa shape index (κ1) is 13.3. The van der Waals surface area contributed by atoms with Gasteiger partial charge in [0.1, 0.15) is 0 Å². The van der Waals surface area contributed by atoms with Gasteiger partial charge in [-0.05, 0) is 24.6 Å². The van der Waals surface area contributed by atoms with Gasteiger partial charge in [-0.25, -0.2) is 4.68 Å². The molecule has 0 radical (unpaired) electrons. The maximum atomic E-state index is 12.1. The summed E-state index contributed by atoms with van der Waals surface area (Å²) < 4.78 is 2.69. The van der Waals surface area contributed by atoms with Crippen LogP contribution in [0.15, 0.2) is 28.9 Å². The van der Waals surface area contributed by atoms with Gasteiger partial charge in [-0.15, -0.1) is 5.10 Å². The number of rotatable bonds is 3. The summed E-state index contributed by atoms with van der Waals surface area (Å²) in [6.07, 6.45) is 1.68. The standard InChI is InChI=1S/C13H14BrN5O/c1-8-2-3-9(4-11(8)14)16-13(20)12-7-19(18-17-12)10-5-15-6-10/h2-4,7,10,15H,5-6H2,1H3,(H,16,20). The molecule has 0 aliphatic carbocycles. The summed E-state index contributed by atoms with van der Waals surface area (Å²) in [4.78, 5) is 12.1. The van der Waals surface area contributed by atoms with E-state index in [2.05, 4.69) is 36.9 Å². The summed E-state index contributed by atoms with van der Waals surface area (Å²) in [7, 11) is 0. The zero-order chi connectivity index (χ0) is 14.1. The van der Waals surface area contributed by atoms with Crippen LogP contribution in [0, 0.1) is 6.92 Å². The van der Waals surface area contributed by atoms with Crippen LogP contribution in [0.2, 0.25) is 0 Å². The average molecular weight is 336 g/mol. The van der Waals surface area contributed by atoms with Crippen molar-refractivity contribution in [3.8, 4) is 0 Å². The lowest BCUT2D eigenvalue weighted by Crippen LogP contribution is -2.43. The topological polar surface area (TPSA) is 71.8 Å². The number of anilines is 1. The summed E-state index contributed by atoms with van der Waals surface area (Å²) in [5, 5.41) is 13.9. The number of carbonyl (C=O) groups is 1. The molecular formula is C13H14BrN5O. The molecule has 2 heterocycles. The van der Waals surface area contributed by atoms with E-state index in [1.807, 2.05) is 25.1 Å². The smallest absolute Gasteiger partial charge is 0.277 e. The first-order chi connectivity index (χ1) is 9.63. The Bertz CT molecular complexity index is 650. The fourth-order valence-corrected chi connectivity index (χ4v) is 2.26. The SMILES string of the molecule is Cc1ccc(NC(=O)c2cn(C3CNC3)nn2)cc1Br. The van der Waals surface area contributed by atoms with E-state index in [9.17, 15) is 4.79 Å². The number of benzene rings is 1. The number of hydrogen-bond acceptors (Lipinski definition) is 4. The number of aromatic nitrogens is 3. The van der Waals surface area contributed by atoms with Crippen LogP contribution in [0.25, 0.3) is 0 Å². The van der Waals surface area contributed by atoms with Gasteiger partial charge in [-0.1, -0.05) is 27.2 Å². The Kier molecular flexibility index (Phi) is 3.54. The minimum atomic E-state index is -0.251. The molecule has 20 heavy (non-hydrogen) atoms. The van der Waals surface area contributed by atoms with E-state index in [-0.39, 0.29) is 5.91 Å². The van der Waals surface area contributed by atoms with Crippen LogP contribution in [0.4, 0.5) is 5.69 Å². The Balaban J connectivity index is 1.71. The lowest BCUT2D eigenvalue weighted by Gasteiger charge is -2.26. The van der Waals surface area contributed by atoms with Gasteiger partial charge in [-0.3, -0.25) is 4.79 Å². The van der Waals surface area contributed by atoms with Crippen molar-refractivity contribution >= 4 is 27.5 Å². The van der Waals surface area contributed by atoms with Crippen LogP contribution in [-0.4, -0.2) is 34.0 Å². The quantitative estimate of drug-likeness (QED) is 0.896. The highest BCUT2D eigenvalue weighted by Crippen LogP contribution is 2.21. The molecule has 6 nitrogen and oxygen atoms in total. The summed E-state index contributed by atoms with van der Waals surface area (Å²) in [5.41, 5.74) is 2.17. The van der Waals surface area contributed by atoms with Crippen LogP contribution in [0.1, 0.15) is 22.1 Å². The van der Waals surface area contributed by atoms with Gasteiger partial charge in [-0.2, -0.15) is 0 Å². The van der Waals surface area contributed by atoms with Gasteiger partial charge in [0.25, 0.3) is 5.91 Å². The van der Waals surface area contributed by atoms with Crippen molar-refractivity contribution in [1.82, 2.24) is 20.3 Å². The van der Waals surface area contributed by atoms with E-state index in [0.717, 1.165) is 28.8 Å². The fourth-order valence-electron chi connectivity index (χ4n) is 1.89. The number of aryl methyl sites for hydroxylation is 1. The summed E-state index contributed by atoms with van der Waals surface area (Å²) in [6.45, 7) is 3.73. The molecule has 3 rings (SSSR count). The third-order valence-corrected chi connectivity index (χ3v) is 4.16. The Morgan fingerprint density at radius 1 is 1.50 bits per heavy atom. The van der Waals surface area contributed by atoms with Crippen LogP contribution in [0.3, 0.4) is 0 Å². The number of carbonyl (C=O) groups excluding carboxylic acids is 1. The van der Waals surface area contributed by atoms with E-state index >= 15 is 0 Å². The number of halogens is 1. The van der Waals surface area contributed by atoms with E-state index in [1.54, 1.807) is 10.9 Å². The van der Waals surface area contributed by atoms with Gasteiger partial charge in [0.15, 0.2) is 5.69 Å². The van der Waals surface area contributed by atoms with Gasteiger partial charge >= 0.3 is 0 Å². The Morgan fingerprint density at radius 2 is 2.30 bits per heavy atom. The van der Waals surface area contributed by atoms with Crippen molar-refractivity contribution < 1.29 is 4.79 Å². The van der Waals surface area contributed by atoms with Crippen molar-refractivity contribution in [1.29, 1.82) is 0 Å². The Morgan fingerprint density at radius 3 is 2.95 bits per heavy atom. The van der Waals surface area contributed by atoms with E-state index in [1.165, 1.54) is 0 Å². The van der Waals surface area contributed by atoms with Crippen molar-refractivity contribution in [2.45, 2.75) is 13.0 Å². The second-order valence-electron chi connectivity index (χ2n) is 4.81. The maximum Gasteiger partial charge on any atom is 0.277 e. The second-order valence-corrected chi connectivity index (χ2v) is 5.67. The molecule has 7 heteroatoms. The highest BCUT2D eigenvalue weighted by atomic mass is 79.9. The average Bonchev–Trinajstić information content (AvgIpc) is 2.81. The van der Waals surface area contributed by atoms with Crippen molar-refractivity contribution in [2.75, 3.05) is 18.4 Å².